The zero-order valence-electron chi connectivity index (χ0n) is 13.4. The maximum absolute atomic E-state index is 13.3. The van der Waals surface area contributed by atoms with Gasteiger partial charge in [-0.25, -0.2) is 4.79 Å². The van der Waals surface area contributed by atoms with Gasteiger partial charge in [-0.3, -0.25) is 9.36 Å². The lowest BCUT2D eigenvalue weighted by Gasteiger charge is -2.26. The molecular formula is C16H21O6P. The predicted molar refractivity (Wildman–Crippen MR) is 87.1 cm³/mol. The summed E-state index contributed by atoms with van der Waals surface area (Å²) >= 11 is 0. The van der Waals surface area contributed by atoms with Crippen molar-refractivity contribution in [2.75, 3.05) is 0 Å². The number of carboxylic acids is 2. The zero-order valence-corrected chi connectivity index (χ0v) is 14.2. The molecule has 7 heteroatoms. The van der Waals surface area contributed by atoms with Gasteiger partial charge >= 0.3 is 11.9 Å². The lowest BCUT2D eigenvalue weighted by atomic mass is 10.2. The lowest BCUT2D eigenvalue weighted by Crippen LogP contribution is -2.21. The van der Waals surface area contributed by atoms with Crippen molar-refractivity contribution < 1.29 is 28.9 Å². The SMILES string of the molecule is CC(C)(C)OP(=O)(/C=C(\CCC(=O)O)C(=O)O)c1ccccc1. The highest BCUT2D eigenvalue weighted by molar-refractivity contribution is 7.70. The molecule has 0 amide bonds. The van der Waals surface area contributed by atoms with E-state index in [1.807, 2.05) is 0 Å². The van der Waals surface area contributed by atoms with E-state index in [-0.39, 0.29) is 18.4 Å². The number of benzene rings is 1. The summed E-state index contributed by atoms with van der Waals surface area (Å²) in [4.78, 5) is 22.0. The van der Waals surface area contributed by atoms with E-state index in [0.29, 0.717) is 5.30 Å². The second-order valence-electron chi connectivity index (χ2n) is 5.99. The van der Waals surface area contributed by atoms with Gasteiger partial charge in [-0.15, -0.1) is 0 Å². The lowest BCUT2D eigenvalue weighted by molar-refractivity contribution is -0.137. The van der Waals surface area contributed by atoms with E-state index in [4.69, 9.17) is 9.63 Å². The molecule has 0 aliphatic heterocycles. The quantitative estimate of drug-likeness (QED) is 0.584. The van der Waals surface area contributed by atoms with Gasteiger partial charge in [0.2, 0.25) is 0 Å². The number of carboxylic acid groups (broad SMARTS) is 2. The number of hydrogen-bond donors (Lipinski definition) is 2. The summed E-state index contributed by atoms with van der Waals surface area (Å²) in [5.74, 6) is -1.36. The minimum absolute atomic E-state index is 0.227. The van der Waals surface area contributed by atoms with Gasteiger partial charge in [0.15, 0.2) is 0 Å². The average molecular weight is 340 g/mol. The Balaban J connectivity index is 3.32. The minimum atomic E-state index is -3.60. The van der Waals surface area contributed by atoms with Gasteiger partial charge in [0.05, 0.1) is 5.60 Å². The molecule has 1 aromatic carbocycles. The van der Waals surface area contributed by atoms with Crippen LogP contribution in [0.5, 0.6) is 0 Å². The monoisotopic (exact) mass is 340 g/mol. The smallest absolute Gasteiger partial charge is 0.331 e. The normalized spacial score (nSPS) is 15.0. The van der Waals surface area contributed by atoms with E-state index in [0.717, 1.165) is 5.82 Å². The molecule has 1 rings (SSSR count). The van der Waals surface area contributed by atoms with Gasteiger partial charge in [-0.05, 0) is 39.3 Å². The van der Waals surface area contributed by atoms with Crippen LogP contribution < -0.4 is 5.30 Å². The third-order valence-electron chi connectivity index (χ3n) is 2.73. The number of hydrogen-bond acceptors (Lipinski definition) is 4. The molecule has 1 atom stereocenters. The number of aliphatic carboxylic acids is 2. The second-order valence-corrected chi connectivity index (χ2v) is 8.14. The Morgan fingerprint density at radius 3 is 2.13 bits per heavy atom. The Labute approximate surface area is 135 Å². The summed E-state index contributed by atoms with van der Waals surface area (Å²) in [6.07, 6.45) is -0.586. The van der Waals surface area contributed by atoms with E-state index in [1.54, 1.807) is 51.1 Å². The summed E-state index contributed by atoms with van der Waals surface area (Å²) in [5, 5.41) is 18.3. The van der Waals surface area contributed by atoms with Crippen molar-refractivity contribution in [2.24, 2.45) is 0 Å². The van der Waals surface area contributed by atoms with Crippen LogP contribution >= 0.6 is 7.37 Å². The Kier molecular flexibility index (Phi) is 6.30. The molecule has 0 fully saturated rings. The molecule has 126 valence electrons. The van der Waals surface area contributed by atoms with Crippen molar-refractivity contribution in [2.45, 2.75) is 39.2 Å². The van der Waals surface area contributed by atoms with Crippen molar-refractivity contribution in [1.29, 1.82) is 0 Å². The van der Waals surface area contributed by atoms with Crippen molar-refractivity contribution in [1.82, 2.24) is 0 Å². The van der Waals surface area contributed by atoms with Crippen LogP contribution in [0.4, 0.5) is 0 Å². The molecule has 0 radical (unpaired) electrons. The minimum Gasteiger partial charge on any atom is -0.481 e. The maximum atomic E-state index is 13.3. The summed E-state index contributed by atoms with van der Waals surface area (Å²) < 4.78 is 18.9. The van der Waals surface area contributed by atoms with Crippen LogP contribution in [0.2, 0.25) is 0 Å². The van der Waals surface area contributed by atoms with Crippen LogP contribution in [0.15, 0.2) is 41.7 Å². The molecule has 0 saturated heterocycles. The van der Waals surface area contributed by atoms with Gasteiger partial charge < -0.3 is 14.7 Å². The summed E-state index contributed by atoms with van der Waals surface area (Å²) in [6, 6.07) is 8.30. The summed E-state index contributed by atoms with van der Waals surface area (Å²) in [7, 11) is -3.60. The van der Waals surface area contributed by atoms with E-state index < -0.39 is 24.9 Å². The van der Waals surface area contributed by atoms with E-state index >= 15 is 0 Å². The fourth-order valence-corrected chi connectivity index (χ4v) is 4.23. The Morgan fingerprint density at radius 1 is 1.13 bits per heavy atom. The molecule has 1 unspecified atom stereocenters. The molecule has 2 N–H and O–H groups in total. The maximum Gasteiger partial charge on any atom is 0.331 e. The van der Waals surface area contributed by atoms with Gasteiger partial charge in [0, 0.05) is 23.1 Å². The predicted octanol–water partition coefficient (Wildman–Crippen LogP) is 3.24. The highest BCUT2D eigenvalue weighted by Crippen LogP contribution is 2.51. The standard InChI is InChI=1S/C16H21O6P/c1-16(2,3)22-23(21,13-7-5-4-6-8-13)11-12(15(19)20)9-10-14(17)18/h4-8,11H,9-10H2,1-3H3,(H,17,18)(H,19,20)/b12-11+. The van der Waals surface area contributed by atoms with Crippen LogP contribution in [0.25, 0.3) is 0 Å². The van der Waals surface area contributed by atoms with Crippen molar-refractivity contribution in [3.8, 4) is 0 Å². The third kappa shape index (κ3) is 6.38. The molecular weight excluding hydrogens is 319 g/mol. The fourth-order valence-electron chi connectivity index (χ4n) is 1.87. The number of rotatable bonds is 7. The van der Waals surface area contributed by atoms with E-state index in [1.165, 1.54) is 0 Å². The van der Waals surface area contributed by atoms with Gasteiger partial charge in [0.25, 0.3) is 7.37 Å². The zero-order chi connectivity index (χ0) is 17.7. The Bertz CT molecular complexity index is 642. The summed E-state index contributed by atoms with van der Waals surface area (Å²) in [5.41, 5.74) is -0.998. The molecule has 0 spiro atoms. The first kappa shape index (κ1) is 19.1. The molecule has 0 bridgehead atoms. The van der Waals surface area contributed by atoms with Crippen LogP contribution in [0.1, 0.15) is 33.6 Å². The summed E-state index contributed by atoms with van der Waals surface area (Å²) in [6.45, 7) is 5.15. The fraction of sp³-hybridized carbons (Fsp3) is 0.375. The largest absolute Gasteiger partial charge is 0.481 e. The first-order valence-corrected chi connectivity index (χ1v) is 8.76. The second kappa shape index (κ2) is 7.57. The molecule has 0 aliphatic rings. The Hall–Kier alpha value is -1.91. The third-order valence-corrected chi connectivity index (χ3v) is 5.22. The molecule has 6 nitrogen and oxygen atoms in total. The topological polar surface area (TPSA) is 101 Å². The van der Waals surface area contributed by atoms with Crippen molar-refractivity contribution >= 4 is 24.6 Å². The highest BCUT2D eigenvalue weighted by atomic mass is 31.2. The molecule has 1 aromatic rings. The molecule has 0 aromatic heterocycles. The van der Waals surface area contributed by atoms with Crippen LogP contribution in [-0.4, -0.2) is 27.8 Å². The van der Waals surface area contributed by atoms with Crippen molar-refractivity contribution in [3.63, 3.8) is 0 Å². The van der Waals surface area contributed by atoms with Gasteiger partial charge in [-0.2, -0.15) is 0 Å². The first-order valence-electron chi connectivity index (χ1n) is 7.06. The molecule has 0 saturated carbocycles. The van der Waals surface area contributed by atoms with Gasteiger partial charge in [0.1, 0.15) is 0 Å². The Morgan fingerprint density at radius 2 is 1.70 bits per heavy atom. The molecule has 23 heavy (non-hydrogen) atoms. The molecule has 0 heterocycles. The molecule has 0 aliphatic carbocycles. The van der Waals surface area contributed by atoms with E-state index in [9.17, 15) is 19.3 Å². The average Bonchev–Trinajstić information content (AvgIpc) is 2.42. The van der Waals surface area contributed by atoms with Crippen molar-refractivity contribution in [3.05, 3.63) is 41.7 Å². The highest BCUT2D eigenvalue weighted by Gasteiger charge is 2.31. The first-order chi connectivity index (χ1) is 10.5. The van der Waals surface area contributed by atoms with Crippen LogP contribution in [0, 0.1) is 0 Å². The van der Waals surface area contributed by atoms with E-state index in [2.05, 4.69) is 0 Å². The number of carbonyl (C=O) groups is 2. The van der Waals surface area contributed by atoms with Crippen LogP contribution in [-0.2, 0) is 18.7 Å². The van der Waals surface area contributed by atoms with Gasteiger partial charge in [-0.1, -0.05) is 18.2 Å². The van der Waals surface area contributed by atoms with Crippen LogP contribution in [0.3, 0.4) is 0 Å².